The quantitative estimate of drug-likeness (QED) is 0.670. The smallest absolute Gasteiger partial charge is 0.251 e. The molecule has 1 saturated heterocycles. The number of nitrogens with one attached hydrogen (secondary N) is 2. The first-order valence-corrected chi connectivity index (χ1v) is 9.74. The van der Waals surface area contributed by atoms with Crippen molar-refractivity contribution in [2.75, 3.05) is 25.1 Å². The van der Waals surface area contributed by atoms with E-state index in [2.05, 4.69) is 20.4 Å². The van der Waals surface area contributed by atoms with Gasteiger partial charge in [-0.05, 0) is 60.9 Å². The van der Waals surface area contributed by atoms with E-state index < -0.39 is 17.5 Å². The minimum atomic E-state index is -1.02. The summed E-state index contributed by atoms with van der Waals surface area (Å²) in [5, 5.41) is 10.4. The molecule has 0 unspecified atom stereocenters. The average Bonchev–Trinajstić information content (AvgIpc) is 3.26. The standard InChI is InChI=1S/C22H22F2N4O2/c1-30-17-5-2-14(3-6-17)20-13-21(27-26-20)28-10-8-16(9-11-28)25-22(29)15-4-7-18(23)19(24)12-15/h2-7,12-13,16H,8-11H2,1H3,(H,25,29)(H,26,27). The molecule has 156 valence electrons. The largest absolute Gasteiger partial charge is 0.497 e. The highest BCUT2D eigenvalue weighted by Gasteiger charge is 2.23. The number of aromatic nitrogens is 2. The highest BCUT2D eigenvalue weighted by molar-refractivity contribution is 5.94. The van der Waals surface area contributed by atoms with Crippen molar-refractivity contribution in [3.05, 3.63) is 65.7 Å². The zero-order chi connectivity index (χ0) is 21.1. The number of H-pyrrole nitrogens is 1. The lowest BCUT2D eigenvalue weighted by molar-refractivity contribution is 0.0930. The summed E-state index contributed by atoms with van der Waals surface area (Å²) in [6.07, 6.45) is 1.47. The predicted octanol–water partition coefficient (Wildman–Crippen LogP) is 3.76. The van der Waals surface area contributed by atoms with Crippen LogP contribution in [-0.4, -0.2) is 42.3 Å². The Bertz CT molecular complexity index is 1030. The molecular weight excluding hydrogens is 390 g/mol. The highest BCUT2D eigenvalue weighted by atomic mass is 19.2. The first-order chi connectivity index (χ1) is 14.5. The third-order valence-electron chi connectivity index (χ3n) is 5.30. The van der Waals surface area contributed by atoms with Crippen LogP contribution in [0.15, 0.2) is 48.5 Å². The second-order valence-corrected chi connectivity index (χ2v) is 7.23. The van der Waals surface area contributed by atoms with Crippen LogP contribution in [0.2, 0.25) is 0 Å². The summed E-state index contributed by atoms with van der Waals surface area (Å²) < 4.78 is 31.6. The lowest BCUT2D eigenvalue weighted by atomic mass is 10.0. The minimum Gasteiger partial charge on any atom is -0.497 e. The van der Waals surface area contributed by atoms with Crippen LogP contribution in [0.1, 0.15) is 23.2 Å². The molecule has 2 N–H and O–H groups in total. The number of carbonyl (C=O) groups is 1. The molecule has 0 atom stereocenters. The van der Waals surface area contributed by atoms with E-state index >= 15 is 0 Å². The van der Waals surface area contributed by atoms with Gasteiger partial charge in [-0.15, -0.1) is 0 Å². The summed E-state index contributed by atoms with van der Waals surface area (Å²) in [6, 6.07) is 12.9. The van der Waals surface area contributed by atoms with Gasteiger partial charge in [0.25, 0.3) is 5.91 Å². The maximum Gasteiger partial charge on any atom is 0.251 e. The Kier molecular flexibility index (Phi) is 5.65. The number of nitrogens with zero attached hydrogens (tertiary/aromatic N) is 2. The van der Waals surface area contributed by atoms with Crippen molar-refractivity contribution >= 4 is 11.7 Å². The molecule has 30 heavy (non-hydrogen) atoms. The van der Waals surface area contributed by atoms with E-state index in [4.69, 9.17) is 4.74 Å². The monoisotopic (exact) mass is 412 g/mol. The third-order valence-corrected chi connectivity index (χ3v) is 5.30. The molecule has 6 nitrogen and oxygen atoms in total. The molecule has 1 aliphatic heterocycles. The fourth-order valence-corrected chi connectivity index (χ4v) is 3.55. The van der Waals surface area contributed by atoms with E-state index in [1.54, 1.807) is 7.11 Å². The number of ether oxygens (including phenoxy) is 1. The molecule has 1 aromatic heterocycles. The molecule has 0 saturated carbocycles. The molecule has 1 aliphatic rings. The zero-order valence-corrected chi connectivity index (χ0v) is 16.5. The number of methoxy groups -OCH3 is 1. The summed E-state index contributed by atoms with van der Waals surface area (Å²) in [5.74, 6) is -0.734. The molecule has 0 aliphatic carbocycles. The lowest BCUT2D eigenvalue weighted by Crippen LogP contribution is -2.44. The summed E-state index contributed by atoms with van der Waals surface area (Å²) in [7, 11) is 1.63. The number of hydrogen-bond donors (Lipinski definition) is 2. The second kappa shape index (κ2) is 8.52. The maximum atomic E-state index is 13.3. The van der Waals surface area contributed by atoms with Crippen molar-refractivity contribution in [2.24, 2.45) is 0 Å². The Morgan fingerprint density at radius 3 is 2.50 bits per heavy atom. The van der Waals surface area contributed by atoms with Crippen molar-refractivity contribution in [3.8, 4) is 17.0 Å². The zero-order valence-electron chi connectivity index (χ0n) is 16.5. The van der Waals surface area contributed by atoms with Gasteiger partial charge in [-0.3, -0.25) is 9.89 Å². The number of amides is 1. The van der Waals surface area contributed by atoms with Gasteiger partial charge >= 0.3 is 0 Å². The molecule has 0 radical (unpaired) electrons. The van der Waals surface area contributed by atoms with Crippen LogP contribution in [0, 0.1) is 11.6 Å². The number of benzene rings is 2. The van der Waals surface area contributed by atoms with Crippen LogP contribution in [0.3, 0.4) is 0 Å². The molecule has 3 aromatic rings. The second-order valence-electron chi connectivity index (χ2n) is 7.23. The van der Waals surface area contributed by atoms with Gasteiger partial charge in [-0.2, -0.15) is 5.10 Å². The molecular formula is C22H22F2N4O2. The van der Waals surface area contributed by atoms with Gasteiger partial charge < -0.3 is 15.0 Å². The number of hydrogen-bond acceptors (Lipinski definition) is 4. The van der Waals surface area contributed by atoms with Crippen LogP contribution in [0.4, 0.5) is 14.6 Å². The molecule has 2 aromatic carbocycles. The molecule has 1 amide bonds. The van der Waals surface area contributed by atoms with Crippen molar-refractivity contribution in [1.29, 1.82) is 0 Å². The van der Waals surface area contributed by atoms with E-state index in [1.807, 2.05) is 30.3 Å². The van der Waals surface area contributed by atoms with E-state index in [0.717, 1.165) is 60.9 Å². The maximum absolute atomic E-state index is 13.3. The van der Waals surface area contributed by atoms with Crippen LogP contribution in [-0.2, 0) is 0 Å². The Balaban J connectivity index is 1.33. The third kappa shape index (κ3) is 4.27. The Labute approximate surface area is 172 Å². The number of anilines is 1. The van der Waals surface area contributed by atoms with E-state index in [1.165, 1.54) is 6.07 Å². The number of rotatable bonds is 5. The van der Waals surface area contributed by atoms with Gasteiger partial charge in [0.15, 0.2) is 17.5 Å². The van der Waals surface area contributed by atoms with Crippen LogP contribution in [0.25, 0.3) is 11.3 Å². The first-order valence-electron chi connectivity index (χ1n) is 9.74. The molecule has 8 heteroatoms. The van der Waals surface area contributed by atoms with E-state index in [0.29, 0.717) is 0 Å². The van der Waals surface area contributed by atoms with Crippen LogP contribution >= 0.6 is 0 Å². The summed E-state index contributed by atoms with van der Waals surface area (Å²) >= 11 is 0. The Morgan fingerprint density at radius 2 is 1.83 bits per heavy atom. The minimum absolute atomic E-state index is 0.0261. The molecule has 2 heterocycles. The molecule has 0 bridgehead atoms. The van der Waals surface area contributed by atoms with Gasteiger partial charge in [0, 0.05) is 30.8 Å². The van der Waals surface area contributed by atoms with Gasteiger partial charge in [0.05, 0.1) is 12.8 Å². The summed E-state index contributed by atoms with van der Waals surface area (Å²) in [4.78, 5) is 14.5. The van der Waals surface area contributed by atoms with Crippen molar-refractivity contribution in [2.45, 2.75) is 18.9 Å². The van der Waals surface area contributed by atoms with Crippen molar-refractivity contribution in [1.82, 2.24) is 15.5 Å². The van der Waals surface area contributed by atoms with Gasteiger partial charge in [-0.1, -0.05) is 0 Å². The number of halogens is 2. The van der Waals surface area contributed by atoms with E-state index in [-0.39, 0.29) is 11.6 Å². The van der Waals surface area contributed by atoms with Crippen LogP contribution in [0.5, 0.6) is 5.75 Å². The number of carbonyl (C=O) groups excluding carboxylic acids is 1. The van der Waals surface area contributed by atoms with Gasteiger partial charge in [-0.25, -0.2) is 8.78 Å². The fourth-order valence-electron chi connectivity index (χ4n) is 3.55. The molecule has 0 spiro atoms. The highest BCUT2D eigenvalue weighted by Crippen LogP contribution is 2.25. The molecule has 4 rings (SSSR count). The van der Waals surface area contributed by atoms with Crippen molar-refractivity contribution < 1.29 is 18.3 Å². The SMILES string of the molecule is COc1ccc(-c2cc(N3CCC(NC(=O)c4ccc(F)c(F)c4)CC3)n[nH]2)cc1. The molecule has 1 fully saturated rings. The van der Waals surface area contributed by atoms with E-state index in [9.17, 15) is 13.6 Å². The Morgan fingerprint density at radius 1 is 1.10 bits per heavy atom. The summed E-state index contributed by atoms with van der Waals surface area (Å²) in [5.41, 5.74) is 2.05. The topological polar surface area (TPSA) is 70.2 Å². The van der Waals surface area contributed by atoms with Crippen molar-refractivity contribution in [3.63, 3.8) is 0 Å². The lowest BCUT2D eigenvalue weighted by Gasteiger charge is -2.32. The van der Waals surface area contributed by atoms with Gasteiger partial charge in [0.2, 0.25) is 0 Å². The summed E-state index contributed by atoms with van der Waals surface area (Å²) in [6.45, 7) is 1.46. The first kappa shape index (κ1) is 19.9. The normalized spacial score (nSPS) is 14.6. The number of aromatic amines is 1. The fraction of sp³-hybridized carbons (Fsp3) is 0.273. The van der Waals surface area contributed by atoms with Crippen LogP contribution < -0.4 is 15.0 Å². The van der Waals surface area contributed by atoms with Gasteiger partial charge in [0.1, 0.15) is 5.75 Å². The average molecular weight is 412 g/mol. The Hall–Kier alpha value is -3.42. The number of piperidine rings is 1. The predicted molar refractivity (Wildman–Crippen MR) is 110 cm³/mol.